The summed E-state index contributed by atoms with van der Waals surface area (Å²) in [5.41, 5.74) is 3.35. The number of imide groups is 1. The first-order valence-corrected chi connectivity index (χ1v) is 12.5. The summed E-state index contributed by atoms with van der Waals surface area (Å²) in [5.74, 6) is 0.526. The van der Waals surface area contributed by atoms with E-state index < -0.39 is 0 Å². The van der Waals surface area contributed by atoms with Gasteiger partial charge in [-0.2, -0.15) is 0 Å². The lowest BCUT2D eigenvalue weighted by atomic mass is 10.0. The van der Waals surface area contributed by atoms with Crippen LogP contribution in [0.3, 0.4) is 0 Å². The fourth-order valence-corrected chi connectivity index (χ4v) is 6.25. The number of nitrogens with zero attached hydrogens (tertiary/aromatic N) is 3. The number of thiophene rings is 1. The molecule has 1 N–H and O–H groups in total. The lowest BCUT2D eigenvalue weighted by Crippen LogP contribution is -2.34. The first kappa shape index (κ1) is 21.0. The van der Waals surface area contributed by atoms with Crippen LogP contribution in [0.4, 0.5) is 0 Å². The Balaban J connectivity index is 1.38. The molecule has 2 atom stereocenters. The van der Waals surface area contributed by atoms with Crippen molar-refractivity contribution in [1.29, 1.82) is 0 Å². The van der Waals surface area contributed by atoms with E-state index in [0.29, 0.717) is 11.4 Å². The third-order valence-corrected chi connectivity index (χ3v) is 8.03. The van der Waals surface area contributed by atoms with Crippen LogP contribution in [0.1, 0.15) is 29.7 Å². The maximum Gasteiger partial charge on any atom is 0.233 e. The number of aryl methyl sites for hydroxylation is 1. The van der Waals surface area contributed by atoms with Gasteiger partial charge in [-0.15, -0.1) is 11.3 Å². The van der Waals surface area contributed by atoms with Crippen LogP contribution in [0.25, 0.3) is 21.5 Å². The fourth-order valence-electron chi connectivity index (χ4n) is 4.88. The first-order valence-electron chi connectivity index (χ1n) is 11.3. The number of hydrogen-bond donors (Lipinski definition) is 1. The van der Waals surface area contributed by atoms with Crippen molar-refractivity contribution in [2.45, 2.75) is 38.8 Å². The van der Waals surface area contributed by atoms with Crippen LogP contribution in [0.15, 0.2) is 24.5 Å². The van der Waals surface area contributed by atoms with E-state index in [1.54, 1.807) is 6.33 Å². The van der Waals surface area contributed by atoms with E-state index in [-0.39, 0.29) is 36.3 Å². The zero-order chi connectivity index (χ0) is 22.7. The molecule has 6 rings (SSSR count). The summed E-state index contributed by atoms with van der Waals surface area (Å²) in [6.07, 6.45) is 4.29. The fraction of sp³-hybridized carbons (Fsp3) is 0.417. The van der Waals surface area contributed by atoms with Crippen LogP contribution in [0.5, 0.6) is 5.75 Å². The number of hydrogen-bond acceptors (Lipinski definition) is 7. The number of carbonyl (C=O) groups excluding carboxylic acids is 2. The molecule has 33 heavy (non-hydrogen) atoms. The number of halogens is 1. The predicted octanol–water partition coefficient (Wildman–Crippen LogP) is 3.96. The van der Waals surface area contributed by atoms with Crippen molar-refractivity contribution < 1.29 is 14.3 Å². The molecule has 0 spiro atoms. The molecule has 170 valence electrons. The highest BCUT2D eigenvalue weighted by atomic mass is 35.5. The summed E-state index contributed by atoms with van der Waals surface area (Å²) >= 11 is 7.96. The molecule has 3 aromatic rings. The first-order chi connectivity index (χ1) is 16.0. The highest BCUT2D eigenvalue weighted by molar-refractivity contribution is 7.19. The zero-order valence-electron chi connectivity index (χ0n) is 18.1. The molecule has 4 heterocycles. The van der Waals surface area contributed by atoms with Crippen LogP contribution in [0, 0.1) is 18.8 Å². The Hall–Kier alpha value is -2.55. The number of amides is 2. The van der Waals surface area contributed by atoms with Crippen LogP contribution in [-0.4, -0.2) is 45.9 Å². The second-order valence-electron chi connectivity index (χ2n) is 9.03. The molecule has 9 heteroatoms. The molecule has 2 unspecified atom stereocenters. The van der Waals surface area contributed by atoms with Gasteiger partial charge in [0.25, 0.3) is 0 Å². The number of ether oxygens (including phenoxy) is 1. The molecular formula is C24H23ClN4O3S. The molecule has 2 aliphatic heterocycles. The molecule has 2 saturated heterocycles. The van der Waals surface area contributed by atoms with Gasteiger partial charge in [0.05, 0.1) is 34.3 Å². The maximum atomic E-state index is 12.4. The second-order valence-corrected chi connectivity index (χ2v) is 10.6. The number of nitrogens with one attached hydrogen (secondary N) is 1. The third kappa shape index (κ3) is 3.70. The Morgan fingerprint density at radius 3 is 2.67 bits per heavy atom. The molecule has 1 aliphatic carbocycles. The van der Waals surface area contributed by atoms with Gasteiger partial charge < -0.3 is 10.1 Å². The van der Waals surface area contributed by atoms with Crippen molar-refractivity contribution in [3.63, 3.8) is 0 Å². The van der Waals surface area contributed by atoms with Gasteiger partial charge in [-0.05, 0) is 63.0 Å². The van der Waals surface area contributed by atoms with Crippen LogP contribution >= 0.6 is 22.9 Å². The van der Waals surface area contributed by atoms with Crippen molar-refractivity contribution in [3.05, 3.63) is 40.0 Å². The number of aromatic nitrogens is 2. The molecule has 0 radical (unpaired) electrons. The zero-order valence-corrected chi connectivity index (χ0v) is 19.7. The van der Waals surface area contributed by atoms with Gasteiger partial charge in [0.2, 0.25) is 11.8 Å². The molecule has 0 bridgehead atoms. The van der Waals surface area contributed by atoms with Crippen molar-refractivity contribution in [3.8, 4) is 17.0 Å². The number of piperidine rings is 2. The smallest absolute Gasteiger partial charge is 0.233 e. The van der Waals surface area contributed by atoms with Gasteiger partial charge in [0, 0.05) is 15.5 Å². The average molecular weight is 483 g/mol. The average Bonchev–Trinajstić information content (AvgIpc) is 3.44. The number of benzene rings is 1. The van der Waals surface area contributed by atoms with Crippen LogP contribution < -0.4 is 10.1 Å². The Bertz CT molecular complexity index is 1270. The quantitative estimate of drug-likeness (QED) is 0.554. The van der Waals surface area contributed by atoms with Gasteiger partial charge in [0.1, 0.15) is 18.2 Å². The summed E-state index contributed by atoms with van der Waals surface area (Å²) in [6.45, 7) is 4.17. The van der Waals surface area contributed by atoms with Gasteiger partial charge in [0.15, 0.2) is 0 Å². The molecular weight excluding hydrogens is 460 g/mol. The topological polar surface area (TPSA) is 84.4 Å². The summed E-state index contributed by atoms with van der Waals surface area (Å²) < 4.78 is 7.38. The largest absolute Gasteiger partial charge is 0.489 e. The van der Waals surface area contributed by atoms with E-state index in [0.717, 1.165) is 63.6 Å². The predicted molar refractivity (Wildman–Crippen MR) is 126 cm³/mol. The van der Waals surface area contributed by atoms with Crippen molar-refractivity contribution in [1.82, 2.24) is 20.2 Å². The summed E-state index contributed by atoms with van der Waals surface area (Å²) in [5, 5.41) is 3.99. The number of rotatable bonds is 5. The second kappa shape index (κ2) is 8.04. The lowest BCUT2D eigenvalue weighted by Gasteiger charge is -2.26. The van der Waals surface area contributed by atoms with E-state index in [1.165, 1.54) is 16.2 Å². The van der Waals surface area contributed by atoms with E-state index >= 15 is 0 Å². The standard InChI is InChI=1S/C24H23ClN4O3S/c1-12-6-13(25)7-18(21(12)32-14-2-4-26-5-3-14)20-22-19(27-11-28-20)8-15(33-22)10-29-23(30)16-9-17(16)24(29)31/h6-8,11,14,16-17,26H,2-5,9-10H2,1H3. The minimum atomic E-state index is -0.0913. The van der Waals surface area contributed by atoms with Crippen molar-refractivity contribution in [2.24, 2.45) is 11.8 Å². The number of carbonyl (C=O) groups is 2. The summed E-state index contributed by atoms with van der Waals surface area (Å²) in [7, 11) is 0. The Morgan fingerprint density at radius 2 is 1.91 bits per heavy atom. The molecule has 2 amide bonds. The van der Waals surface area contributed by atoms with E-state index in [9.17, 15) is 9.59 Å². The third-order valence-electron chi connectivity index (χ3n) is 6.70. The number of likely N-dealkylation sites (tertiary alicyclic amines) is 1. The molecule has 3 aliphatic rings. The Labute approximate surface area is 200 Å². The van der Waals surface area contributed by atoms with Crippen molar-refractivity contribution >= 4 is 45.0 Å². The monoisotopic (exact) mass is 482 g/mol. The molecule has 1 saturated carbocycles. The van der Waals surface area contributed by atoms with Gasteiger partial charge >= 0.3 is 0 Å². The van der Waals surface area contributed by atoms with Gasteiger partial charge in [-0.25, -0.2) is 9.97 Å². The number of fused-ring (bicyclic) bond motifs is 2. The Kier molecular flexibility index (Phi) is 5.12. The van der Waals surface area contributed by atoms with E-state index in [4.69, 9.17) is 16.3 Å². The molecule has 3 fully saturated rings. The maximum absolute atomic E-state index is 12.4. The Morgan fingerprint density at radius 1 is 1.15 bits per heavy atom. The van der Waals surface area contributed by atoms with Crippen LogP contribution in [0.2, 0.25) is 5.02 Å². The summed E-state index contributed by atoms with van der Waals surface area (Å²) in [6, 6.07) is 5.75. The minimum absolute atomic E-state index is 0.0445. The van der Waals surface area contributed by atoms with Gasteiger partial charge in [-0.1, -0.05) is 11.6 Å². The minimum Gasteiger partial charge on any atom is -0.489 e. The highest BCUT2D eigenvalue weighted by Crippen LogP contribution is 2.48. The van der Waals surface area contributed by atoms with Crippen molar-refractivity contribution in [2.75, 3.05) is 13.1 Å². The lowest BCUT2D eigenvalue weighted by molar-refractivity contribution is -0.141. The summed E-state index contributed by atoms with van der Waals surface area (Å²) in [4.78, 5) is 36.2. The molecule has 7 nitrogen and oxygen atoms in total. The molecule has 1 aromatic carbocycles. The SMILES string of the molecule is Cc1cc(Cl)cc(-c2ncnc3cc(CN4C(=O)C5CC5C4=O)sc23)c1OC1CCNCC1. The molecule has 2 aromatic heterocycles. The van der Waals surface area contributed by atoms with Crippen LogP contribution in [-0.2, 0) is 16.1 Å². The van der Waals surface area contributed by atoms with E-state index in [2.05, 4.69) is 15.3 Å². The normalized spacial score (nSPS) is 22.8. The van der Waals surface area contributed by atoms with E-state index in [1.807, 2.05) is 25.1 Å². The highest BCUT2D eigenvalue weighted by Gasteiger charge is 2.58. The van der Waals surface area contributed by atoms with Gasteiger partial charge in [-0.3, -0.25) is 14.5 Å².